The molecular weight excluding hydrogens is 260 g/mol. The molecule has 0 spiro atoms. The number of hydrogen-bond acceptors (Lipinski definition) is 2. The van der Waals surface area contributed by atoms with Crippen LogP contribution in [0.2, 0.25) is 0 Å². The SMILES string of the molecule is CC(Nc1ccc(CC(=O)N(C)C)cc1)c1ccccc1. The molecule has 1 N–H and O–H groups in total. The number of rotatable bonds is 5. The Hall–Kier alpha value is -2.29. The number of carbonyl (C=O) groups is 1. The molecule has 21 heavy (non-hydrogen) atoms. The van der Waals surface area contributed by atoms with Crippen LogP contribution in [-0.4, -0.2) is 24.9 Å². The van der Waals surface area contributed by atoms with Crippen molar-refractivity contribution in [3.63, 3.8) is 0 Å². The highest BCUT2D eigenvalue weighted by Gasteiger charge is 2.07. The first-order valence-electron chi connectivity index (χ1n) is 7.17. The topological polar surface area (TPSA) is 32.3 Å². The lowest BCUT2D eigenvalue weighted by Gasteiger charge is -2.16. The number of likely N-dealkylation sites (N-methyl/N-ethyl adjacent to an activating group) is 1. The molecule has 0 saturated heterocycles. The normalized spacial score (nSPS) is 11.8. The van der Waals surface area contributed by atoms with Gasteiger partial charge in [0.1, 0.15) is 0 Å². The van der Waals surface area contributed by atoms with Crippen LogP contribution in [-0.2, 0) is 11.2 Å². The number of benzene rings is 2. The van der Waals surface area contributed by atoms with Gasteiger partial charge in [-0.2, -0.15) is 0 Å². The summed E-state index contributed by atoms with van der Waals surface area (Å²) in [5.41, 5.74) is 3.35. The van der Waals surface area contributed by atoms with Crippen molar-refractivity contribution in [3.05, 3.63) is 65.7 Å². The Bertz CT molecular complexity index is 576. The Labute approximate surface area is 126 Å². The molecule has 0 heterocycles. The first kappa shape index (κ1) is 15.1. The van der Waals surface area contributed by atoms with Crippen LogP contribution >= 0.6 is 0 Å². The van der Waals surface area contributed by atoms with Crippen molar-refractivity contribution >= 4 is 11.6 Å². The maximum Gasteiger partial charge on any atom is 0.226 e. The van der Waals surface area contributed by atoms with Crippen molar-refractivity contribution in [2.45, 2.75) is 19.4 Å². The molecule has 2 aromatic rings. The van der Waals surface area contributed by atoms with Gasteiger partial charge in [0, 0.05) is 25.8 Å². The van der Waals surface area contributed by atoms with Crippen molar-refractivity contribution in [1.29, 1.82) is 0 Å². The van der Waals surface area contributed by atoms with Crippen molar-refractivity contribution in [2.24, 2.45) is 0 Å². The van der Waals surface area contributed by atoms with E-state index < -0.39 is 0 Å². The zero-order valence-electron chi connectivity index (χ0n) is 12.8. The molecule has 0 aliphatic carbocycles. The van der Waals surface area contributed by atoms with Crippen LogP contribution in [0.25, 0.3) is 0 Å². The summed E-state index contributed by atoms with van der Waals surface area (Å²) >= 11 is 0. The molecule has 0 aliphatic rings. The van der Waals surface area contributed by atoms with E-state index in [0.29, 0.717) is 6.42 Å². The van der Waals surface area contributed by atoms with Crippen LogP contribution in [0.4, 0.5) is 5.69 Å². The molecule has 1 unspecified atom stereocenters. The van der Waals surface area contributed by atoms with E-state index in [-0.39, 0.29) is 11.9 Å². The van der Waals surface area contributed by atoms with Crippen LogP contribution in [0.1, 0.15) is 24.1 Å². The summed E-state index contributed by atoms with van der Waals surface area (Å²) in [6.45, 7) is 2.14. The van der Waals surface area contributed by atoms with Gasteiger partial charge in [0.15, 0.2) is 0 Å². The van der Waals surface area contributed by atoms with E-state index in [4.69, 9.17) is 0 Å². The lowest BCUT2D eigenvalue weighted by molar-refractivity contribution is -0.127. The van der Waals surface area contributed by atoms with Gasteiger partial charge in [-0.1, -0.05) is 42.5 Å². The Morgan fingerprint density at radius 3 is 2.24 bits per heavy atom. The molecular formula is C18H22N2O. The second-order valence-electron chi connectivity index (χ2n) is 5.44. The fourth-order valence-corrected chi connectivity index (χ4v) is 2.13. The Morgan fingerprint density at radius 1 is 1.05 bits per heavy atom. The van der Waals surface area contributed by atoms with Crippen LogP contribution < -0.4 is 5.32 Å². The van der Waals surface area contributed by atoms with Crippen molar-refractivity contribution in [2.75, 3.05) is 19.4 Å². The number of nitrogens with one attached hydrogen (secondary N) is 1. The van der Waals surface area contributed by atoms with Crippen LogP contribution in [0, 0.1) is 0 Å². The van der Waals surface area contributed by atoms with Crippen molar-refractivity contribution in [1.82, 2.24) is 4.90 Å². The fraction of sp³-hybridized carbons (Fsp3) is 0.278. The minimum Gasteiger partial charge on any atom is -0.379 e. The fourth-order valence-electron chi connectivity index (χ4n) is 2.13. The van der Waals surface area contributed by atoms with Gasteiger partial charge in [-0.05, 0) is 30.2 Å². The quantitative estimate of drug-likeness (QED) is 0.910. The lowest BCUT2D eigenvalue weighted by Crippen LogP contribution is -2.23. The van der Waals surface area contributed by atoms with E-state index in [1.807, 2.05) is 42.5 Å². The highest BCUT2D eigenvalue weighted by atomic mass is 16.2. The minimum absolute atomic E-state index is 0.119. The molecule has 2 aromatic carbocycles. The predicted octanol–water partition coefficient (Wildman–Crippen LogP) is 3.49. The third-order valence-electron chi connectivity index (χ3n) is 3.49. The summed E-state index contributed by atoms with van der Waals surface area (Å²) in [4.78, 5) is 13.3. The smallest absolute Gasteiger partial charge is 0.226 e. The average Bonchev–Trinajstić information content (AvgIpc) is 2.50. The Kier molecular flexibility index (Phi) is 4.99. The summed E-state index contributed by atoms with van der Waals surface area (Å²) in [6.07, 6.45) is 0.446. The van der Waals surface area contributed by atoms with Gasteiger partial charge in [0.05, 0.1) is 6.42 Å². The number of nitrogens with zero attached hydrogens (tertiary/aromatic N) is 1. The molecule has 110 valence electrons. The van der Waals surface area contributed by atoms with E-state index in [2.05, 4.69) is 24.4 Å². The second kappa shape index (κ2) is 6.93. The van der Waals surface area contributed by atoms with Gasteiger partial charge in [0.2, 0.25) is 5.91 Å². The maximum atomic E-state index is 11.7. The van der Waals surface area contributed by atoms with E-state index >= 15 is 0 Å². The molecule has 0 radical (unpaired) electrons. The van der Waals surface area contributed by atoms with Crippen LogP contribution in [0.15, 0.2) is 54.6 Å². The zero-order chi connectivity index (χ0) is 15.2. The second-order valence-corrected chi connectivity index (χ2v) is 5.44. The molecule has 0 aromatic heterocycles. The maximum absolute atomic E-state index is 11.7. The highest BCUT2D eigenvalue weighted by Crippen LogP contribution is 2.19. The number of carbonyl (C=O) groups excluding carboxylic acids is 1. The molecule has 0 saturated carbocycles. The Morgan fingerprint density at radius 2 is 1.67 bits per heavy atom. The molecule has 0 aliphatic heterocycles. The first-order chi connectivity index (χ1) is 10.1. The van der Waals surface area contributed by atoms with Gasteiger partial charge in [-0.15, -0.1) is 0 Å². The standard InChI is InChI=1S/C18H22N2O/c1-14(16-7-5-4-6-8-16)19-17-11-9-15(10-12-17)13-18(21)20(2)3/h4-12,14,19H,13H2,1-3H3. The van der Waals surface area contributed by atoms with Gasteiger partial charge < -0.3 is 10.2 Å². The van der Waals surface area contributed by atoms with E-state index in [9.17, 15) is 4.79 Å². The van der Waals surface area contributed by atoms with Gasteiger partial charge in [-0.25, -0.2) is 0 Å². The van der Waals surface area contributed by atoms with Gasteiger partial charge in [0.25, 0.3) is 0 Å². The Balaban J connectivity index is 1.98. The highest BCUT2D eigenvalue weighted by molar-refractivity contribution is 5.78. The number of hydrogen-bond donors (Lipinski definition) is 1. The van der Waals surface area contributed by atoms with Crippen molar-refractivity contribution < 1.29 is 4.79 Å². The zero-order valence-corrected chi connectivity index (χ0v) is 12.8. The van der Waals surface area contributed by atoms with E-state index in [0.717, 1.165) is 11.3 Å². The monoisotopic (exact) mass is 282 g/mol. The first-order valence-corrected chi connectivity index (χ1v) is 7.17. The average molecular weight is 282 g/mol. The van der Waals surface area contributed by atoms with Gasteiger partial charge in [-0.3, -0.25) is 4.79 Å². The predicted molar refractivity (Wildman–Crippen MR) is 87.3 cm³/mol. The largest absolute Gasteiger partial charge is 0.379 e. The molecule has 1 amide bonds. The van der Waals surface area contributed by atoms with E-state index in [1.54, 1.807) is 19.0 Å². The summed E-state index contributed by atoms with van der Waals surface area (Å²) in [6, 6.07) is 18.6. The summed E-state index contributed by atoms with van der Waals surface area (Å²) in [5.74, 6) is 0.119. The third kappa shape index (κ3) is 4.35. The minimum atomic E-state index is 0.119. The lowest BCUT2D eigenvalue weighted by atomic mass is 10.1. The summed E-state index contributed by atoms with van der Waals surface area (Å²) in [7, 11) is 3.56. The molecule has 3 heteroatoms. The number of amides is 1. The molecule has 3 nitrogen and oxygen atoms in total. The van der Waals surface area contributed by atoms with Crippen LogP contribution in [0.3, 0.4) is 0 Å². The number of anilines is 1. The van der Waals surface area contributed by atoms with E-state index in [1.165, 1.54) is 5.56 Å². The summed E-state index contributed by atoms with van der Waals surface area (Å²) < 4.78 is 0. The van der Waals surface area contributed by atoms with Crippen LogP contribution in [0.5, 0.6) is 0 Å². The molecule has 0 bridgehead atoms. The molecule has 0 fully saturated rings. The summed E-state index contributed by atoms with van der Waals surface area (Å²) in [5, 5.41) is 3.47. The molecule has 2 rings (SSSR count). The van der Waals surface area contributed by atoms with Crippen molar-refractivity contribution in [3.8, 4) is 0 Å². The molecule has 1 atom stereocenters. The van der Waals surface area contributed by atoms with Gasteiger partial charge >= 0.3 is 0 Å². The third-order valence-corrected chi connectivity index (χ3v) is 3.49.